The van der Waals surface area contributed by atoms with Crippen LogP contribution in [0.25, 0.3) is 0 Å². The van der Waals surface area contributed by atoms with E-state index in [1.54, 1.807) is 12.1 Å². The van der Waals surface area contributed by atoms with Crippen LogP contribution in [0.5, 0.6) is 0 Å². The van der Waals surface area contributed by atoms with Gasteiger partial charge in [-0.2, -0.15) is 13.2 Å². The molecule has 3 N–H and O–H groups in total. The molecule has 1 saturated heterocycles. The number of nitrogen functional groups attached to an aromatic ring is 1. The Bertz CT molecular complexity index is 447. The number of hydrogen-bond donors (Lipinski definition) is 2. The van der Waals surface area contributed by atoms with Gasteiger partial charge in [-0.1, -0.05) is 0 Å². The summed E-state index contributed by atoms with van der Waals surface area (Å²) < 4.78 is 37.6. The molecule has 0 amide bonds. The van der Waals surface area contributed by atoms with Crippen LogP contribution >= 0.6 is 0 Å². The number of amidine groups is 1. The maximum Gasteiger partial charge on any atom is 0.391 e. The summed E-state index contributed by atoms with van der Waals surface area (Å²) in [5.74, 6) is -0.652. The van der Waals surface area contributed by atoms with Gasteiger partial charge < -0.3 is 10.6 Å². The summed E-state index contributed by atoms with van der Waals surface area (Å²) in [7, 11) is 0. The minimum atomic E-state index is -4.10. The number of aromatic nitrogens is 1. The number of hydrogen-bond acceptors (Lipinski definition) is 3. The van der Waals surface area contributed by atoms with Crippen molar-refractivity contribution < 1.29 is 13.2 Å². The van der Waals surface area contributed by atoms with Gasteiger partial charge in [-0.3, -0.25) is 5.41 Å². The highest BCUT2D eigenvalue weighted by Gasteiger charge is 2.41. The summed E-state index contributed by atoms with van der Waals surface area (Å²) in [5.41, 5.74) is 5.82. The van der Waals surface area contributed by atoms with Crippen molar-refractivity contribution in [3.05, 3.63) is 23.9 Å². The molecule has 1 aliphatic heterocycles. The van der Waals surface area contributed by atoms with Gasteiger partial charge in [0.05, 0.1) is 5.92 Å². The van der Waals surface area contributed by atoms with Crippen LogP contribution in [0.1, 0.15) is 18.4 Å². The molecule has 2 rings (SSSR count). The Balaban J connectivity index is 2.00. The van der Waals surface area contributed by atoms with E-state index in [9.17, 15) is 13.2 Å². The fourth-order valence-electron chi connectivity index (χ4n) is 2.17. The SMILES string of the molecule is N=C(N)c1ccc(N2CCC(C(F)(F)F)CC2)nc1. The van der Waals surface area contributed by atoms with E-state index in [1.165, 1.54) is 6.20 Å². The highest BCUT2D eigenvalue weighted by Crippen LogP contribution is 2.34. The molecule has 0 spiro atoms. The Morgan fingerprint density at radius 2 is 1.95 bits per heavy atom. The minimum Gasteiger partial charge on any atom is -0.384 e. The van der Waals surface area contributed by atoms with Gasteiger partial charge in [0.25, 0.3) is 0 Å². The smallest absolute Gasteiger partial charge is 0.384 e. The summed E-state index contributed by atoms with van der Waals surface area (Å²) in [6, 6.07) is 3.34. The first-order chi connectivity index (χ1) is 8.88. The van der Waals surface area contributed by atoms with Crippen LogP contribution < -0.4 is 10.6 Å². The number of nitrogens with zero attached hydrogens (tertiary/aromatic N) is 2. The van der Waals surface area contributed by atoms with Crippen molar-refractivity contribution in [3.63, 3.8) is 0 Å². The van der Waals surface area contributed by atoms with Gasteiger partial charge in [-0.15, -0.1) is 0 Å². The lowest BCUT2D eigenvalue weighted by Crippen LogP contribution is -2.39. The minimum absolute atomic E-state index is 0.0742. The average molecular weight is 272 g/mol. The lowest BCUT2D eigenvalue weighted by atomic mass is 9.96. The molecule has 2 heterocycles. The van der Waals surface area contributed by atoms with Gasteiger partial charge in [-0.25, -0.2) is 4.98 Å². The average Bonchev–Trinajstić information content (AvgIpc) is 2.38. The van der Waals surface area contributed by atoms with Crippen LogP contribution in [0.4, 0.5) is 19.0 Å². The third-order valence-corrected chi connectivity index (χ3v) is 3.34. The Morgan fingerprint density at radius 3 is 2.37 bits per heavy atom. The largest absolute Gasteiger partial charge is 0.391 e. The Morgan fingerprint density at radius 1 is 1.32 bits per heavy atom. The van der Waals surface area contributed by atoms with Gasteiger partial charge in [0.1, 0.15) is 11.7 Å². The van der Waals surface area contributed by atoms with Crippen LogP contribution in [-0.2, 0) is 0 Å². The van der Waals surface area contributed by atoms with E-state index in [0.29, 0.717) is 24.5 Å². The molecule has 4 nitrogen and oxygen atoms in total. The molecule has 1 aromatic heterocycles. The second kappa shape index (κ2) is 5.07. The molecule has 1 aromatic rings. The number of halogens is 3. The molecule has 1 aliphatic rings. The van der Waals surface area contributed by atoms with E-state index >= 15 is 0 Å². The van der Waals surface area contributed by atoms with E-state index in [1.807, 2.05) is 4.90 Å². The number of piperidine rings is 1. The number of rotatable bonds is 2. The summed E-state index contributed by atoms with van der Waals surface area (Å²) in [6.07, 6.45) is -2.44. The standard InChI is InChI=1S/C12H15F3N4/c13-12(14,15)9-3-5-19(6-4-9)10-2-1-8(7-18-10)11(16)17/h1-2,7,9H,3-6H2,(H3,16,17). The van der Waals surface area contributed by atoms with Crippen LogP contribution in [0.15, 0.2) is 18.3 Å². The molecule has 7 heteroatoms. The van der Waals surface area contributed by atoms with Crippen molar-refractivity contribution in [2.24, 2.45) is 11.7 Å². The molecule has 0 radical (unpaired) electrons. The van der Waals surface area contributed by atoms with Crippen LogP contribution in [0, 0.1) is 11.3 Å². The fourth-order valence-corrected chi connectivity index (χ4v) is 2.17. The topological polar surface area (TPSA) is 66.0 Å². The number of nitrogens with one attached hydrogen (secondary N) is 1. The van der Waals surface area contributed by atoms with Gasteiger partial charge in [0.15, 0.2) is 0 Å². The number of pyridine rings is 1. The van der Waals surface area contributed by atoms with Crippen LogP contribution in [0.2, 0.25) is 0 Å². The monoisotopic (exact) mass is 272 g/mol. The number of alkyl halides is 3. The Labute approximate surface area is 108 Å². The van der Waals surface area contributed by atoms with Crippen LogP contribution in [-0.4, -0.2) is 30.1 Å². The molecule has 0 saturated carbocycles. The van der Waals surface area contributed by atoms with Crippen molar-refractivity contribution >= 4 is 11.7 Å². The molecular formula is C12H15F3N4. The molecule has 19 heavy (non-hydrogen) atoms. The second-order valence-corrected chi connectivity index (χ2v) is 4.62. The van der Waals surface area contributed by atoms with Crippen molar-refractivity contribution in [3.8, 4) is 0 Å². The first kappa shape index (κ1) is 13.6. The van der Waals surface area contributed by atoms with E-state index in [4.69, 9.17) is 11.1 Å². The van der Waals surface area contributed by atoms with Gasteiger partial charge >= 0.3 is 6.18 Å². The lowest BCUT2D eigenvalue weighted by Gasteiger charge is -2.33. The second-order valence-electron chi connectivity index (χ2n) is 4.62. The maximum atomic E-state index is 12.5. The Hall–Kier alpha value is -1.79. The van der Waals surface area contributed by atoms with Crippen LogP contribution in [0.3, 0.4) is 0 Å². The zero-order valence-electron chi connectivity index (χ0n) is 10.2. The summed E-state index contributed by atoms with van der Waals surface area (Å²) in [5, 5.41) is 7.24. The molecule has 0 atom stereocenters. The summed E-state index contributed by atoms with van der Waals surface area (Å²) >= 11 is 0. The molecule has 104 valence electrons. The highest BCUT2D eigenvalue weighted by atomic mass is 19.4. The predicted molar refractivity (Wildman–Crippen MR) is 66.2 cm³/mol. The maximum absolute atomic E-state index is 12.5. The third kappa shape index (κ3) is 3.15. The first-order valence-electron chi connectivity index (χ1n) is 6.00. The molecule has 0 aromatic carbocycles. The van der Waals surface area contributed by atoms with E-state index in [2.05, 4.69) is 4.98 Å². The summed E-state index contributed by atoms with van der Waals surface area (Å²) in [6.45, 7) is 0.688. The molecule has 1 fully saturated rings. The zero-order valence-corrected chi connectivity index (χ0v) is 10.2. The van der Waals surface area contributed by atoms with Gasteiger partial charge in [0.2, 0.25) is 0 Å². The normalized spacial score (nSPS) is 17.5. The third-order valence-electron chi connectivity index (χ3n) is 3.34. The van der Waals surface area contributed by atoms with Gasteiger partial charge in [-0.05, 0) is 25.0 Å². The Kier molecular flexibility index (Phi) is 3.64. The fraction of sp³-hybridized carbons (Fsp3) is 0.500. The quantitative estimate of drug-likeness (QED) is 0.640. The zero-order chi connectivity index (χ0) is 14.0. The molecule has 0 unspecified atom stereocenters. The van der Waals surface area contributed by atoms with E-state index in [-0.39, 0.29) is 18.7 Å². The number of anilines is 1. The highest BCUT2D eigenvalue weighted by molar-refractivity contribution is 5.94. The van der Waals surface area contributed by atoms with Crippen molar-refractivity contribution in [2.45, 2.75) is 19.0 Å². The van der Waals surface area contributed by atoms with Crippen molar-refractivity contribution in [2.75, 3.05) is 18.0 Å². The molecule has 0 aliphatic carbocycles. The first-order valence-corrected chi connectivity index (χ1v) is 6.00. The lowest BCUT2D eigenvalue weighted by molar-refractivity contribution is -0.179. The molecular weight excluding hydrogens is 257 g/mol. The van der Waals surface area contributed by atoms with Gasteiger partial charge in [0, 0.05) is 24.8 Å². The summed E-state index contributed by atoms with van der Waals surface area (Å²) in [4.78, 5) is 5.96. The number of nitrogens with two attached hydrogens (primary N) is 1. The molecule has 0 bridgehead atoms. The van der Waals surface area contributed by atoms with E-state index < -0.39 is 12.1 Å². The van der Waals surface area contributed by atoms with Crippen molar-refractivity contribution in [1.82, 2.24) is 4.98 Å². The van der Waals surface area contributed by atoms with E-state index in [0.717, 1.165) is 0 Å². The predicted octanol–water partition coefficient (Wildman–Crippen LogP) is 2.14. The van der Waals surface area contributed by atoms with Crippen molar-refractivity contribution in [1.29, 1.82) is 5.41 Å².